The van der Waals surface area contributed by atoms with Gasteiger partial charge in [-0.3, -0.25) is 9.69 Å². The average molecular weight is 341 g/mol. The lowest BCUT2D eigenvalue weighted by Crippen LogP contribution is -2.50. The maximum atomic E-state index is 13.0. The van der Waals surface area contributed by atoms with Gasteiger partial charge < -0.3 is 4.90 Å². The van der Waals surface area contributed by atoms with Crippen LogP contribution in [0.4, 0.5) is 0 Å². The van der Waals surface area contributed by atoms with E-state index in [9.17, 15) is 4.79 Å². The van der Waals surface area contributed by atoms with Gasteiger partial charge in [-0.2, -0.15) is 0 Å². The molecule has 1 amide bonds. The zero-order valence-corrected chi connectivity index (χ0v) is 15.1. The first kappa shape index (κ1) is 17.6. The van der Waals surface area contributed by atoms with Crippen molar-refractivity contribution in [3.05, 3.63) is 47.8 Å². The summed E-state index contributed by atoms with van der Waals surface area (Å²) in [5, 5.41) is 7.76. The lowest BCUT2D eigenvalue weighted by molar-refractivity contribution is 0.0524. The standard InChI is InChI=1S/C19H27N5O/c1-3-11-24(19(25)18-13-20-21-22(18)2)17-10-7-12-23(15-17)14-16-8-5-4-6-9-16/h4-6,8-9,13,17H,3,7,10-12,14-15H2,1-2H3/t17-/m1/s1. The molecule has 0 unspecified atom stereocenters. The summed E-state index contributed by atoms with van der Waals surface area (Å²) in [6.07, 6.45) is 4.69. The summed E-state index contributed by atoms with van der Waals surface area (Å²) in [5.41, 5.74) is 1.89. The van der Waals surface area contributed by atoms with Crippen LogP contribution in [0.5, 0.6) is 0 Å². The van der Waals surface area contributed by atoms with Crippen LogP contribution in [0.2, 0.25) is 0 Å². The fourth-order valence-electron chi connectivity index (χ4n) is 3.59. The Morgan fingerprint density at radius 1 is 1.32 bits per heavy atom. The van der Waals surface area contributed by atoms with Crippen LogP contribution in [0.1, 0.15) is 42.2 Å². The predicted octanol–water partition coefficient (Wildman–Crippen LogP) is 2.33. The van der Waals surface area contributed by atoms with Gasteiger partial charge in [-0.1, -0.05) is 42.5 Å². The number of amides is 1. The normalized spacial score (nSPS) is 18.2. The Labute approximate surface area is 149 Å². The number of likely N-dealkylation sites (tertiary alicyclic amines) is 1. The van der Waals surface area contributed by atoms with Crippen molar-refractivity contribution in [2.75, 3.05) is 19.6 Å². The number of rotatable bonds is 6. The first-order chi connectivity index (χ1) is 12.2. The van der Waals surface area contributed by atoms with E-state index in [-0.39, 0.29) is 11.9 Å². The summed E-state index contributed by atoms with van der Waals surface area (Å²) in [7, 11) is 1.77. The second-order valence-corrected chi connectivity index (χ2v) is 6.76. The molecule has 6 heteroatoms. The van der Waals surface area contributed by atoms with E-state index in [0.717, 1.165) is 45.4 Å². The van der Waals surface area contributed by atoms with Crippen molar-refractivity contribution in [1.82, 2.24) is 24.8 Å². The van der Waals surface area contributed by atoms with E-state index in [1.807, 2.05) is 11.0 Å². The second-order valence-electron chi connectivity index (χ2n) is 6.76. The second kappa shape index (κ2) is 8.25. The fraction of sp³-hybridized carbons (Fsp3) is 0.526. The monoisotopic (exact) mass is 341 g/mol. The number of aromatic nitrogens is 3. The molecule has 6 nitrogen and oxygen atoms in total. The molecule has 2 heterocycles. The van der Waals surface area contributed by atoms with Gasteiger partial charge in [0.15, 0.2) is 0 Å². The van der Waals surface area contributed by atoms with E-state index in [0.29, 0.717) is 5.69 Å². The Hall–Kier alpha value is -2.21. The highest BCUT2D eigenvalue weighted by molar-refractivity contribution is 5.92. The fourth-order valence-corrected chi connectivity index (χ4v) is 3.59. The molecule has 134 valence electrons. The van der Waals surface area contributed by atoms with Crippen LogP contribution in [0.15, 0.2) is 36.5 Å². The molecule has 1 aromatic heterocycles. The van der Waals surface area contributed by atoms with Crippen LogP contribution >= 0.6 is 0 Å². The first-order valence-corrected chi connectivity index (χ1v) is 9.11. The summed E-state index contributed by atoms with van der Waals surface area (Å²) in [4.78, 5) is 17.5. The molecule has 1 aliphatic heterocycles. The molecule has 0 bridgehead atoms. The van der Waals surface area contributed by atoms with Crippen molar-refractivity contribution in [3.63, 3.8) is 0 Å². The van der Waals surface area contributed by atoms with Gasteiger partial charge in [0.05, 0.1) is 6.20 Å². The molecule has 1 fully saturated rings. The Bertz CT molecular complexity index is 684. The first-order valence-electron chi connectivity index (χ1n) is 9.11. The molecular formula is C19H27N5O. The molecule has 1 atom stereocenters. The van der Waals surface area contributed by atoms with Crippen molar-refractivity contribution in [2.45, 2.75) is 38.8 Å². The van der Waals surface area contributed by atoms with Crippen molar-refractivity contribution in [1.29, 1.82) is 0 Å². The largest absolute Gasteiger partial charge is 0.333 e. The number of hydrogen-bond donors (Lipinski definition) is 0. The smallest absolute Gasteiger partial charge is 0.274 e. The molecule has 1 aromatic carbocycles. The maximum absolute atomic E-state index is 13.0. The molecule has 1 saturated heterocycles. The van der Waals surface area contributed by atoms with Crippen LogP contribution in [-0.4, -0.2) is 56.4 Å². The van der Waals surface area contributed by atoms with Gasteiger partial charge in [0.25, 0.3) is 5.91 Å². The molecule has 2 aromatic rings. The SMILES string of the molecule is CCCN(C(=O)c1cnnn1C)[C@@H]1CCCN(Cc2ccccc2)C1. The van der Waals surface area contributed by atoms with Gasteiger partial charge in [-0.25, -0.2) is 4.68 Å². The Morgan fingerprint density at radius 2 is 2.12 bits per heavy atom. The third-order valence-corrected chi connectivity index (χ3v) is 4.83. The molecule has 25 heavy (non-hydrogen) atoms. The molecule has 0 N–H and O–H groups in total. The highest BCUT2D eigenvalue weighted by Crippen LogP contribution is 2.20. The summed E-state index contributed by atoms with van der Waals surface area (Å²) >= 11 is 0. The Balaban J connectivity index is 1.70. The minimum atomic E-state index is 0.0425. The molecule has 1 aliphatic rings. The average Bonchev–Trinajstić information content (AvgIpc) is 3.06. The van der Waals surface area contributed by atoms with Crippen LogP contribution in [-0.2, 0) is 13.6 Å². The van der Waals surface area contributed by atoms with Crippen molar-refractivity contribution < 1.29 is 4.79 Å². The van der Waals surface area contributed by atoms with Crippen LogP contribution in [0.3, 0.4) is 0 Å². The van der Waals surface area contributed by atoms with Crippen molar-refractivity contribution >= 4 is 5.91 Å². The third kappa shape index (κ3) is 4.25. The van der Waals surface area contributed by atoms with Gasteiger partial charge in [0, 0.05) is 32.7 Å². The zero-order valence-electron chi connectivity index (χ0n) is 15.1. The van der Waals surface area contributed by atoms with E-state index in [1.165, 1.54) is 5.56 Å². The highest BCUT2D eigenvalue weighted by atomic mass is 16.2. The minimum Gasteiger partial charge on any atom is -0.333 e. The number of aryl methyl sites for hydroxylation is 1. The summed E-state index contributed by atoms with van der Waals surface area (Å²) in [5.74, 6) is 0.0425. The third-order valence-electron chi connectivity index (χ3n) is 4.83. The molecule has 0 aliphatic carbocycles. The maximum Gasteiger partial charge on any atom is 0.274 e. The number of carbonyl (C=O) groups excluding carboxylic acids is 1. The van der Waals surface area contributed by atoms with Crippen LogP contribution in [0.25, 0.3) is 0 Å². The number of hydrogen-bond acceptors (Lipinski definition) is 4. The molecule has 0 spiro atoms. The number of benzene rings is 1. The quantitative estimate of drug-likeness (QED) is 0.809. The molecule has 0 radical (unpaired) electrons. The van der Waals surface area contributed by atoms with Crippen LogP contribution < -0.4 is 0 Å². The number of piperidine rings is 1. The van der Waals surface area contributed by atoms with Gasteiger partial charge in [-0.05, 0) is 31.4 Å². The van der Waals surface area contributed by atoms with E-state index < -0.39 is 0 Å². The predicted molar refractivity (Wildman–Crippen MR) is 97.1 cm³/mol. The van der Waals surface area contributed by atoms with Crippen molar-refractivity contribution in [3.8, 4) is 0 Å². The Morgan fingerprint density at radius 3 is 2.80 bits per heavy atom. The molecule has 0 saturated carbocycles. The van der Waals surface area contributed by atoms with E-state index >= 15 is 0 Å². The summed E-state index contributed by atoms with van der Waals surface area (Å²) in [6, 6.07) is 10.8. The topological polar surface area (TPSA) is 54.3 Å². The lowest BCUT2D eigenvalue weighted by Gasteiger charge is -2.39. The van der Waals surface area contributed by atoms with E-state index in [4.69, 9.17) is 0 Å². The number of carbonyl (C=O) groups is 1. The molecular weight excluding hydrogens is 314 g/mol. The summed E-state index contributed by atoms with van der Waals surface area (Å²) in [6.45, 7) is 5.84. The highest BCUT2D eigenvalue weighted by Gasteiger charge is 2.30. The minimum absolute atomic E-state index is 0.0425. The van der Waals surface area contributed by atoms with Gasteiger partial charge >= 0.3 is 0 Å². The van der Waals surface area contributed by atoms with E-state index in [1.54, 1.807) is 17.9 Å². The molecule has 3 rings (SSSR count). The van der Waals surface area contributed by atoms with Crippen molar-refractivity contribution in [2.24, 2.45) is 7.05 Å². The number of nitrogens with zero attached hydrogens (tertiary/aromatic N) is 5. The van der Waals surface area contributed by atoms with E-state index in [2.05, 4.69) is 46.4 Å². The van der Waals surface area contributed by atoms with Crippen LogP contribution in [0, 0.1) is 0 Å². The lowest BCUT2D eigenvalue weighted by atomic mass is 10.0. The zero-order chi connectivity index (χ0) is 17.6. The van der Waals surface area contributed by atoms with Gasteiger partial charge in [0.1, 0.15) is 5.69 Å². The summed E-state index contributed by atoms with van der Waals surface area (Å²) < 4.78 is 1.57. The van der Waals surface area contributed by atoms with Gasteiger partial charge in [0.2, 0.25) is 0 Å². The van der Waals surface area contributed by atoms with Gasteiger partial charge in [-0.15, -0.1) is 5.10 Å². The Kier molecular flexibility index (Phi) is 5.81.